The topological polar surface area (TPSA) is 9.23 Å². The van der Waals surface area contributed by atoms with Crippen LogP contribution >= 0.6 is 11.8 Å². The molecule has 6 heavy (non-hydrogen) atoms. The monoisotopic (exact) mass is 120 g/mol. The third kappa shape index (κ3) is 0.774. The van der Waals surface area contributed by atoms with Gasteiger partial charge in [-0.3, -0.25) is 0 Å². The summed E-state index contributed by atoms with van der Waals surface area (Å²) in [5, 5.41) is 0.794. The Labute approximate surface area is 45.0 Å². The van der Waals surface area contributed by atoms with Crippen LogP contribution in [0.25, 0.3) is 0 Å². The number of hydrogen-bond acceptors (Lipinski definition) is 2. The summed E-state index contributed by atoms with van der Waals surface area (Å²) >= 11 is 1.90. The van der Waals surface area contributed by atoms with Crippen LogP contribution in [0.3, 0.4) is 0 Å². The van der Waals surface area contributed by atoms with E-state index in [-0.39, 0.29) is 0 Å². The minimum absolute atomic E-state index is 0.580. The second-order valence-corrected chi connectivity index (χ2v) is 3.40. The molecule has 1 nitrogen and oxygen atoms in total. The molecule has 1 aliphatic rings. The van der Waals surface area contributed by atoms with E-state index in [0.717, 1.165) is 15.7 Å². The molecule has 2 unspecified atom stereocenters. The standard InChI is InChI=1S/C3H8OSSi/c1-2-3(4-6)5-2/h2-3H,1,6H3. The molecule has 0 aromatic rings. The molecule has 36 valence electrons. The fourth-order valence-corrected chi connectivity index (χ4v) is 1.91. The predicted octanol–water partition coefficient (Wildman–Crippen LogP) is -0.255. The molecule has 1 rings (SSSR count). The molecule has 1 saturated heterocycles. The lowest BCUT2D eigenvalue weighted by Gasteiger charge is -1.83. The Morgan fingerprint density at radius 2 is 2.33 bits per heavy atom. The molecule has 3 heteroatoms. The molecule has 0 aliphatic carbocycles. The van der Waals surface area contributed by atoms with Crippen LogP contribution in [0.15, 0.2) is 0 Å². The van der Waals surface area contributed by atoms with Gasteiger partial charge in [0.05, 0.1) is 0 Å². The van der Waals surface area contributed by atoms with Crippen molar-refractivity contribution in [1.82, 2.24) is 0 Å². The van der Waals surface area contributed by atoms with Crippen molar-refractivity contribution in [2.45, 2.75) is 17.6 Å². The summed E-state index contributed by atoms with van der Waals surface area (Å²) in [6.45, 7) is 2.19. The van der Waals surface area contributed by atoms with Gasteiger partial charge in [-0.25, -0.2) is 0 Å². The maximum atomic E-state index is 5.08. The zero-order valence-corrected chi connectivity index (χ0v) is 6.79. The van der Waals surface area contributed by atoms with Gasteiger partial charge in [-0.1, -0.05) is 0 Å². The molecule has 0 radical (unpaired) electrons. The van der Waals surface area contributed by atoms with Gasteiger partial charge in [0.15, 0.2) is 0 Å². The van der Waals surface area contributed by atoms with Crippen molar-refractivity contribution in [3.63, 3.8) is 0 Å². The van der Waals surface area contributed by atoms with Crippen LogP contribution in [0.2, 0.25) is 0 Å². The van der Waals surface area contributed by atoms with E-state index in [0.29, 0.717) is 5.44 Å². The van der Waals surface area contributed by atoms with E-state index >= 15 is 0 Å². The van der Waals surface area contributed by atoms with E-state index in [1.54, 1.807) is 0 Å². The molecule has 0 saturated carbocycles. The van der Waals surface area contributed by atoms with Crippen LogP contribution in [0, 0.1) is 0 Å². The highest BCUT2D eigenvalue weighted by atomic mass is 32.2. The highest BCUT2D eigenvalue weighted by molar-refractivity contribution is 8.07. The first-order valence-corrected chi connectivity index (χ1v) is 3.79. The molecule has 0 N–H and O–H groups in total. The highest BCUT2D eigenvalue weighted by Crippen LogP contribution is 2.40. The predicted molar refractivity (Wildman–Crippen MR) is 31.9 cm³/mol. The molecule has 1 fully saturated rings. The van der Waals surface area contributed by atoms with Crippen LogP contribution in [-0.4, -0.2) is 21.2 Å². The third-order valence-corrected chi connectivity index (χ3v) is 2.97. The van der Waals surface area contributed by atoms with Crippen molar-refractivity contribution in [1.29, 1.82) is 0 Å². The summed E-state index contributed by atoms with van der Waals surface area (Å²) in [4.78, 5) is 0. The zero-order valence-electron chi connectivity index (χ0n) is 3.97. The summed E-state index contributed by atoms with van der Waals surface area (Å²) in [6.07, 6.45) is 0. The second kappa shape index (κ2) is 1.56. The molecule has 0 aromatic carbocycles. The van der Waals surface area contributed by atoms with Crippen molar-refractivity contribution in [3.8, 4) is 0 Å². The van der Waals surface area contributed by atoms with Crippen LogP contribution < -0.4 is 0 Å². The maximum absolute atomic E-state index is 5.08. The fraction of sp³-hybridized carbons (Fsp3) is 1.00. The fourth-order valence-electron chi connectivity index (χ4n) is 0.413. The van der Waals surface area contributed by atoms with Crippen molar-refractivity contribution in [2.24, 2.45) is 0 Å². The lowest BCUT2D eigenvalue weighted by Crippen LogP contribution is -1.90. The summed E-state index contributed by atoms with van der Waals surface area (Å²) in [7, 11) is 0.903. The van der Waals surface area contributed by atoms with Gasteiger partial charge < -0.3 is 4.43 Å². The second-order valence-electron chi connectivity index (χ2n) is 1.45. The third-order valence-electron chi connectivity index (χ3n) is 0.888. The van der Waals surface area contributed by atoms with Crippen molar-refractivity contribution in [3.05, 3.63) is 0 Å². The zero-order chi connectivity index (χ0) is 4.57. The Kier molecular flexibility index (Phi) is 1.22. The molecule has 0 bridgehead atoms. The van der Waals surface area contributed by atoms with Gasteiger partial charge >= 0.3 is 0 Å². The average molecular weight is 120 g/mol. The van der Waals surface area contributed by atoms with E-state index < -0.39 is 0 Å². The van der Waals surface area contributed by atoms with Gasteiger partial charge in [-0.05, 0) is 6.92 Å². The minimum atomic E-state index is 0.580. The van der Waals surface area contributed by atoms with Crippen molar-refractivity contribution >= 4 is 22.2 Å². The smallest absolute Gasteiger partial charge is 0.147 e. The SMILES string of the molecule is CC1SC1O[SiH3]. The quantitative estimate of drug-likeness (QED) is 0.348. The van der Waals surface area contributed by atoms with Crippen LogP contribution in [0.1, 0.15) is 6.92 Å². The van der Waals surface area contributed by atoms with Crippen LogP contribution in [-0.2, 0) is 4.43 Å². The van der Waals surface area contributed by atoms with Gasteiger partial charge in [0.25, 0.3) is 0 Å². The first-order valence-electron chi connectivity index (χ1n) is 2.03. The molecule has 1 heterocycles. The molecule has 0 amide bonds. The van der Waals surface area contributed by atoms with E-state index in [1.807, 2.05) is 11.8 Å². The Morgan fingerprint density at radius 1 is 1.83 bits per heavy atom. The van der Waals surface area contributed by atoms with E-state index in [4.69, 9.17) is 4.43 Å². The first-order chi connectivity index (χ1) is 2.84. The van der Waals surface area contributed by atoms with Crippen LogP contribution in [0.4, 0.5) is 0 Å². The molecular formula is C3H8OSSi. The number of hydrogen-bond donors (Lipinski definition) is 0. The largest absolute Gasteiger partial charge is 0.415 e. The molecular weight excluding hydrogens is 112 g/mol. The molecule has 2 atom stereocenters. The van der Waals surface area contributed by atoms with E-state index in [2.05, 4.69) is 6.92 Å². The lowest BCUT2D eigenvalue weighted by atomic mass is 10.5. The summed E-state index contributed by atoms with van der Waals surface area (Å²) in [6, 6.07) is 0. The van der Waals surface area contributed by atoms with Crippen LogP contribution in [0.5, 0.6) is 0 Å². The van der Waals surface area contributed by atoms with Gasteiger partial charge in [0.2, 0.25) is 0 Å². The molecule has 0 spiro atoms. The molecule has 1 aliphatic heterocycles. The lowest BCUT2D eigenvalue weighted by molar-refractivity contribution is 0.352. The average Bonchev–Trinajstić information content (AvgIpc) is 2.19. The Bertz CT molecular complexity index is 56.8. The highest BCUT2D eigenvalue weighted by Gasteiger charge is 2.32. The number of rotatable bonds is 1. The van der Waals surface area contributed by atoms with E-state index in [9.17, 15) is 0 Å². The van der Waals surface area contributed by atoms with Crippen molar-refractivity contribution in [2.75, 3.05) is 0 Å². The van der Waals surface area contributed by atoms with Gasteiger partial charge in [-0.15, -0.1) is 11.8 Å². The Morgan fingerprint density at radius 3 is 2.33 bits per heavy atom. The number of thioether (sulfide) groups is 1. The van der Waals surface area contributed by atoms with E-state index in [1.165, 1.54) is 0 Å². The van der Waals surface area contributed by atoms with Gasteiger partial charge in [0.1, 0.15) is 15.9 Å². The Hall–Kier alpha value is 0.527. The maximum Gasteiger partial charge on any atom is 0.147 e. The normalized spacial score (nSPS) is 43.5. The van der Waals surface area contributed by atoms with Gasteiger partial charge in [0, 0.05) is 5.25 Å². The summed E-state index contributed by atoms with van der Waals surface area (Å²) in [5.74, 6) is 0. The molecule has 0 aromatic heterocycles. The summed E-state index contributed by atoms with van der Waals surface area (Å²) < 4.78 is 5.08. The summed E-state index contributed by atoms with van der Waals surface area (Å²) in [5.41, 5.74) is 0.580. The minimum Gasteiger partial charge on any atom is -0.415 e. The van der Waals surface area contributed by atoms with Crippen molar-refractivity contribution < 1.29 is 4.43 Å². The Balaban J connectivity index is 2.09. The van der Waals surface area contributed by atoms with Gasteiger partial charge in [-0.2, -0.15) is 0 Å². The first kappa shape index (κ1) is 4.68.